The molecule has 0 bridgehead atoms. The van der Waals surface area contributed by atoms with Gasteiger partial charge in [0.05, 0.1) is 34.9 Å². The standard InChI is InChI=1S/C26H27ClFN7O/c1-15(8-9-36)31-24-17(12-29)13-30-26-21(24)10-19(11-22(26)27)32-25(16-2-4-18(28)5-3-16)23-14-35(34-33-23)20-6-7-20/h2-5,10-11,13-15,20,25,32-34,36H,6-9H2,1H3,(H,30,31)/t15?,25-/m1/s1/i25D. The van der Waals surface area contributed by atoms with Crippen molar-refractivity contribution >= 4 is 33.9 Å². The molecule has 1 unspecified atom stereocenters. The van der Waals surface area contributed by atoms with E-state index in [9.17, 15) is 16.1 Å². The highest BCUT2D eigenvalue weighted by Gasteiger charge is 2.32. The van der Waals surface area contributed by atoms with E-state index in [1.807, 2.05) is 18.1 Å². The van der Waals surface area contributed by atoms with Crippen LogP contribution in [0.2, 0.25) is 5.02 Å². The predicted octanol–water partition coefficient (Wildman–Crippen LogP) is 4.56. The van der Waals surface area contributed by atoms with Gasteiger partial charge >= 0.3 is 0 Å². The maximum Gasteiger partial charge on any atom is 0.123 e. The zero-order chi connectivity index (χ0) is 26.2. The van der Waals surface area contributed by atoms with Crippen LogP contribution in [0.25, 0.3) is 10.9 Å². The van der Waals surface area contributed by atoms with Crippen LogP contribution in [-0.2, 0) is 0 Å². The fourth-order valence-electron chi connectivity index (χ4n) is 4.14. The number of nitriles is 1. The summed E-state index contributed by atoms with van der Waals surface area (Å²) in [5.41, 5.74) is 9.14. The number of nitrogens with zero attached hydrogens (tertiary/aromatic N) is 3. The van der Waals surface area contributed by atoms with Gasteiger partial charge in [0.15, 0.2) is 0 Å². The first-order valence-electron chi connectivity index (χ1n) is 12.3. The molecule has 8 nitrogen and oxygen atoms in total. The third kappa shape index (κ3) is 5.02. The lowest BCUT2D eigenvalue weighted by Gasteiger charge is -2.23. The molecule has 1 saturated carbocycles. The number of aliphatic hydroxyl groups is 1. The molecule has 2 atom stereocenters. The van der Waals surface area contributed by atoms with E-state index in [0.717, 1.165) is 12.8 Å². The van der Waals surface area contributed by atoms with Gasteiger partial charge in [-0.25, -0.2) is 4.39 Å². The third-order valence-electron chi connectivity index (χ3n) is 6.20. The normalized spacial score (nSPS) is 18.0. The molecule has 5 N–H and O–H groups in total. The fraction of sp³-hybridized carbons (Fsp3) is 0.308. The second-order valence-corrected chi connectivity index (χ2v) is 9.40. The van der Waals surface area contributed by atoms with E-state index in [-0.39, 0.29) is 12.6 Å². The van der Waals surface area contributed by atoms with Gasteiger partial charge < -0.3 is 21.2 Å². The number of benzene rings is 2. The van der Waals surface area contributed by atoms with Crippen molar-refractivity contribution in [1.29, 1.82) is 5.26 Å². The molecule has 1 fully saturated rings. The van der Waals surface area contributed by atoms with E-state index in [1.165, 1.54) is 18.3 Å². The highest BCUT2D eigenvalue weighted by atomic mass is 35.5. The van der Waals surface area contributed by atoms with E-state index < -0.39 is 11.8 Å². The molecule has 5 rings (SSSR count). The summed E-state index contributed by atoms with van der Waals surface area (Å²) in [4.78, 5) is 4.38. The number of hydrogen-bond acceptors (Lipinski definition) is 8. The Bertz CT molecular complexity index is 1390. The molecule has 1 aliphatic carbocycles. The molecule has 36 heavy (non-hydrogen) atoms. The first-order valence-corrected chi connectivity index (χ1v) is 12.2. The van der Waals surface area contributed by atoms with Gasteiger partial charge in [-0.1, -0.05) is 23.7 Å². The first-order chi connectivity index (χ1) is 17.8. The van der Waals surface area contributed by atoms with Crippen molar-refractivity contribution < 1.29 is 10.9 Å². The van der Waals surface area contributed by atoms with Gasteiger partial charge in [-0.05, 0) is 56.0 Å². The number of anilines is 2. The van der Waals surface area contributed by atoms with E-state index in [0.29, 0.717) is 56.6 Å². The smallest absolute Gasteiger partial charge is 0.123 e. The lowest BCUT2D eigenvalue weighted by atomic mass is 10.0. The van der Waals surface area contributed by atoms with Crippen LogP contribution >= 0.6 is 11.6 Å². The summed E-state index contributed by atoms with van der Waals surface area (Å²) in [6.45, 7) is 1.91. The van der Waals surface area contributed by atoms with E-state index >= 15 is 0 Å². The number of pyridine rings is 1. The van der Waals surface area contributed by atoms with Crippen LogP contribution in [-0.4, -0.2) is 33.8 Å². The highest BCUT2D eigenvalue weighted by molar-refractivity contribution is 6.35. The Morgan fingerprint density at radius 2 is 2.11 bits per heavy atom. The maximum absolute atomic E-state index is 13.8. The number of halogens is 2. The molecule has 2 aliphatic rings. The summed E-state index contributed by atoms with van der Waals surface area (Å²) in [6, 6.07) is 10.1. The van der Waals surface area contributed by atoms with Crippen LogP contribution in [0, 0.1) is 17.1 Å². The van der Waals surface area contributed by atoms with Crippen molar-refractivity contribution in [3.8, 4) is 6.07 Å². The summed E-state index contributed by atoms with van der Waals surface area (Å²) in [7, 11) is 0. The molecule has 0 spiro atoms. The molecule has 2 aromatic carbocycles. The molecule has 1 aromatic heterocycles. The Labute approximate surface area is 215 Å². The SMILES string of the molecule is [2H][C@](Nc1cc(Cl)c2ncc(C#N)c(NC(C)CCO)c2c1)(C1=CN(C2CC2)NN1)c1ccc(F)cc1. The number of hydrazine groups is 2. The lowest BCUT2D eigenvalue weighted by Crippen LogP contribution is -2.38. The van der Waals surface area contributed by atoms with Crippen molar-refractivity contribution in [2.24, 2.45) is 0 Å². The lowest BCUT2D eigenvalue weighted by molar-refractivity contribution is 0.260. The quantitative estimate of drug-likeness (QED) is 0.286. The van der Waals surface area contributed by atoms with Crippen molar-refractivity contribution in [2.45, 2.75) is 44.3 Å². The average Bonchev–Trinajstić information content (AvgIpc) is 3.60. The van der Waals surface area contributed by atoms with Crippen LogP contribution in [0.15, 0.2) is 54.5 Å². The van der Waals surface area contributed by atoms with Gasteiger partial charge in [0.2, 0.25) is 0 Å². The van der Waals surface area contributed by atoms with Crippen molar-refractivity contribution in [2.75, 3.05) is 17.2 Å². The minimum atomic E-state index is -1.53. The molecule has 2 heterocycles. The third-order valence-corrected chi connectivity index (χ3v) is 6.49. The van der Waals surface area contributed by atoms with Gasteiger partial charge in [-0.3, -0.25) is 9.99 Å². The number of rotatable bonds is 9. The molecule has 10 heteroatoms. The number of aliphatic hydroxyl groups excluding tert-OH is 1. The Kier molecular flexibility index (Phi) is 6.47. The highest BCUT2D eigenvalue weighted by Crippen LogP contribution is 2.37. The van der Waals surface area contributed by atoms with Gasteiger partial charge in [0.25, 0.3) is 0 Å². The van der Waals surface area contributed by atoms with E-state index in [1.54, 1.807) is 24.3 Å². The Balaban J connectivity index is 1.60. The largest absolute Gasteiger partial charge is 0.396 e. The summed E-state index contributed by atoms with van der Waals surface area (Å²) < 4.78 is 23.3. The van der Waals surface area contributed by atoms with E-state index in [4.69, 9.17) is 11.6 Å². The molecule has 186 valence electrons. The van der Waals surface area contributed by atoms with Crippen LogP contribution < -0.4 is 21.6 Å². The van der Waals surface area contributed by atoms with Crippen LogP contribution in [0.3, 0.4) is 0 Å². The Hall–Kier alpha value is -3.58. The molecule has 0 amide bonds. The van der Waals surface area contributed by atoms with Gasteiger partial charge in [-0.2, -0.15) is 5.26 Å². The van der Waals surface area contributed by atoms with Gasteiger partial charge in [0.1, 0.15) is 11.9 Å². The predicted molar refractivity (Wildman–Crippen MR) is 138 cm³/mol. The fourth-order valence-corrected chi connectivity index (χ4v) is 4.41. The van der Waals surface area contributed by atoms with Crippen molar-refractivity contribution in [3.63, 3.8) is 0 Å². The van der Waals surface area contributed by atoms with Crippen molar-refractivity contribution in [3.05, 3.63) is 76.5 Å². The van der Waals surface area contributed by atoms with E-state index in [2.05, 4.69) is 32.6 Å². The second-order valence-electron chi connectivity index (χ2n) is 9.00. The minimum absolute atomic E-state index is 0.000311. The number of nitrogens with one attached hydrogen (secondary N) is 4. The monoisotopic (exact) mass is 508 g/mol. The minimum Gasteiger partial charge on any atom is -0.396 e. The summed E-state index contributed by atoms with van der Waals surface area (Å²) in [5.74, 6) is -0.395. The molecule has 0 saturated heterocycles. The van der Waals surface area contributed by atoms with Crippen molar-refractivity contribution in [1.82, 2.24) is 21.0 Å². The molecule has 0 radical (unpaired) electrons. The first kappa shape index (κ1) is 22.9. The molecular formula is C26H27ClFN7O. The summed E-state index contributed by atoms with van der Waals surface area (Å²) in [5, 5.41) is 28.5. The Morgan fingerprint density at radius 1 is 1.33 bits per heavy atom. The maximum atomic E-state index is 13.8. The zero-order valence-electron chi connectivity index (χ0n) is 20.6. The molecule has 3 aromatic rings. The molecular weight excluding hydrogens is 481 g/mol. The topological polar surface area (TPSA) is 108 Å². The van der Waals surface area contributed by atoms with Crippen LogP contribution in [0.1, 0.15) is 44.7 Å². The summed E-state index contributed by atoms with van der Waals surface area (Å²) >= 11 is 6.64. The average molecular weight is 509 g/mol. The van der Waals surface area contributed by atoms with Crippen LogP contribution in [0.5, 0.6) is 0 Å². The zero-order valence-corrected chi connectivity index (χ0v) is 20.4. The number of hydrogen-bond donors (Lipinski definition) is 5. The number of fused-ring (bicyclic) bond motifs is 1. The van der Waals surface area contributed by atoms with Crippen LogP contribution in [0.4, 0.5) is 15.8 Å². The Morgan fingerprint density at radius 3 is 2.81 bits per heavy atom. The van der Waals surface area contributed by atoms with Gasteiger partial charge in [-0.15, -0.1) is 5.53 Å². The second kappa shape index (κ2) is 10.2. The molecule has 1 aliphatic heterocycles. The summed E-state index contributed by atoms with van der Waals surface area (Å²) in [6.07, 6.45) is 5.93. The van der Waals surface area contributed by atoms with Gasteiger partial charge in [0, 0.05) is 42.2 Å². The number of aromatic nitrogens is 1.